The summed E-state index contributed by atoms with van der Waals surface area (Å²) in [6.07, 6.45) is 1.70. The molecule has 1 aliphatic rings. The Morgan fingerprint density at radius 1 is 1.09 bits per heavy atom. The summed E-state index contributed by atoms with van der Waals surface area (Å²) >= 11 is 0. The number of fused-ring (bicyclic) bond motifs is 1. The molecule has 4 aromatic rings. The number of nitrogens with one attached hydrogen (secondary N) is 1. The van der Waals surface area contributed by atoms with Gasteiger partial charge in [-0.3, -0.25) is 9.89 Å². The van der Waals surface area contributed by atoms with Crippen LogP contribution in [0.25, 0.3) is 11.3 Å². The number of carbonyl (C=O) groups is 1. The molecule has 6 nitrogen and oxygen atoms in total. The number of para-hydroxylation sites is 1. The van der Waals surface area contributed by atoms with E-state index in [4.69, 9.17) is 4.74 Å². The molecule has 2 heterocycles. The van der Waals surface area contributed by atoms with Crippen LogP contribution in [0.3, 0.4) is 0 Å². The van der Waals surface area contributed by atoms with Crippen molar-refractivity contribution in [2.75, 3.05) is 0 Å². The molecule has 0 aliphatic carbocycles. The van der Waals surface area contributed by atoms with Gasteiger partial charge in [0.15, 0.2) is 11.6 Å². The molecule has 0 saturated heterocycles. The molecule has 0 unspecified atom stereocenters. The summed E-state index contributed by atoms with van der Waals surface area (Å²) < 4.78 is 20.0. The molecule has 0 atom stereocenters. The van der Waals surface area contributed by atoms with E-state index in [-0.39, 0.29) is 35.4 Å². The minimum absolute atomic E-state index is 0. The Balaban J connectivity index is 0.00000259. The average Bonchev–Trinajstić information content (AvgIpc) is 3.45. The van der Waals surface area contributed by atoms with E-state index in [0.29, 0.717) is 18.7 Å². The minimum atomic E-state index is -0.652. The maximum absolute atomic E-state index is 14.3. The smallest absolute Gasteiger partial charge is 0.258 e. The van der Waals surface area contributed by atoms with Gasteiger partial charge in [-0.05, 0) is 41.0 Å². The van der Waals surface area contributed by atoms with Crippen molar-refractivity contribution in [1.29, 1.82) is 5.26 Å². The Labute approximate surface area is 195 Å². The summed E-state index contributed by atoms with van der Waals surface area (Å²) in [5, 5.41) is 16.2. The zero-order chi connectivity index (χ0) is 22.1. The number of H-pyrrole nitrogens is 1. The molecule has 1 N–H and O–H groups in total. The molecule has 33 heavy (non-hydrogen) atoms. The highest BCUT2D eigenvalue weighted by Gasteiger charge is 2.31. The topological polar surface area (TPSA) is 82.0 Å². The second-order valence-corrected chi connectivity index (χ2v) is 7.45. The van der Waals surface area contributed by atoms with Gasteiger partial charge in [0.25, 0.3) is 5.91 Å². The van der Waals surface area contributed by atoms with Crippen LogP contribution in [0.4, 0.5) is 4.39 Å². The van der Waals surface area contributed by atoms with Crippen LogP contribution in [-0.4, -0.2) is 21.0 Å². The summed E-state index contributed by atoms with van der Waals surface area (Å²) in [6, 6.07) is 21.1. The van der Waals surface area contributed by atoms with E-state index in [1.54, 1.807) is 23.2 Å². The fourth-order valence-electron chi connectivity index (χ4n) is 3.84. The number of nitrogens with zero attached hydrogens (tertiary/aromatic N) is 3. The van der Waals surface area contributed by atoms with Gasteiger partial charge in [-0.2, -0.15) is 10.4 Å². The van der Waals surface area contributed by atoms with Crippen molar-refractivity contribution >= 4 is 18.3 Å². The number of nitriles is 1. The Bertz CT molecular complexity index is 1350. The molecule has 0 saturated carbocycles. The highest BCUT2D eigenvalue weighted by atomic mass is 35.5. The Hall–Kier alpha value is -4.15. The standard InChI is InChI=1S/C25H17FN4O2.ClH/c26-20-5-1-3-18(13-27)24(20)32-22-6-2-4-19-15-30(25(31)23(19)22)14-16-7-9-17(10-8-16)21-11-12-28-29-21;/h1-12H,14-15H2,(H,28,29);1H. The van der Waals surface area contributed by atoms with E-state index in [0.717, 1.165) is 22.4 Å². The SMILES string of the molecule is Cl.N#Cc1cccc(F)c1Oc1cccc2c1C(=O)N(Cc1ccc(-c3ccn[nH]3)cc1)C2. The average molecular weight is 461 g/mol. The Kier molecular flexibility index (Phi) is 6.11. The summed E-state index contributed by atoms with van der Waals surface area (Å²) in [5.74, 6) is -0.778. The molecule has 164 valence electrons. The monoisotopic (exact) mass is 460 g/mol. The lowest BCUT2D eigenvalue weighted by Gasteiger charge is -2.16. The van der Waals surface area contributed by atoms with Crippen LogP contribution in [0.5, 0.6) is 11.5 Å². The van der Waals surface area contributed by atoms with Gasteiger partial charge < -0.3 is 9.64 Å². The second-order valence-electron chi connectivity index (χ2n) is 7.45. The lowest BCUT2D eigenvalue weighted by atomic mass is 10.1. The molecule has 0 spiro atoms. The van der Waals surface area contributed by atoms with Crippen LogP contribution in [-0.2, 0) is 13.1 Å². The number of aromatic amines is 1. The molecule has 0 fully saturated rings. The lowest BCUT2D eigenvalue weighted by molar-refractivity contribution is 0.0765. The molecule has 0 radical (unpaired) electrons. The number of hydrogen-bond donors (Lipinski definition) is 1. The molecule has 5 rings (SSSR count). The number of aromatic nitrogens is 2. The molecule has 3 aromatic carbocycles. The van der Waals surface area contributed by atoms with Crippen molar-refractivity contribution in [3.8, 4) is 28.8 Å². The quantitative estimate of drug-likeness (QED) is 0.429. The molecule has 1 aliphatic heterocycles. The Morgan fingerprint density at radius 3 is 2.61 bits per heavy atom. The maximum atomic E-state index is 14.3. The third-order valence-corrected chi connectivity index (χ3v) is 5.41. The number of hydrogen-bond acceptors (Lipinski definition) is 4. The number of halogens is 2. The maximum Gasteiger partial charge on any atom is 0.258 e. The van der Waals surface area contributed by atoms with Crippen molar-refractivity contribution < 1.29 is 13.9 Å². The van der Waals surface area contributed by atoms with Crippen molar-refractivity contribution in [2.45, 2.75) is 13.1 Å². The molecular formula is C25H18ClFN4O2. The van der Waals surface area contributed by atoms with Crippen LogP contribution >= 0.6 is 12.4 Å². The number of ether oxygens (including phenoxy) is 1. The predicted octanol–water partition coefficient (Wildman–Crippen LogP) is 5.46. The zero-order valence-electron chi connectivity index (χ0n) is 17.3. The van der Waals surface area contributed by atoms with E-state index < -0.39 is 5.82 Å². The number of benzene rings is 3. The first-order valence-electron chi connectivity index (χ1n) is 10.0. The van der Waals surface area contributed by atoms with Crippen LogP contribution < -0.4 is 4.74 Å². The van der Waals surface area contributed by atoms with E-state index in [1.165, 1.54) is 18.2 Å². The third-order valence-electron chi connectivity index (χ3n) is 5.41. The minimum Gasteiger partial charge on any atom is -0.452 e. The van der Waals surface area contributed by atoms with Crippen molar-refractivity contribution in [3.05, 3.63) is 101 Å². The van der Waals surface area contributed by atoms with Gasteiger partial charge in [0.05, 0.1) is 16.8 Å². The van der Waals surface area contributed by atoms with Gasteiger partial charge in [0.1, 0.15) is 11.8 Å². The van der Waals surface area contributed by atoms with Gasteiger partial charge in [-0.1, -0.05) is 42.5 Å². The molecule has 1 aromatic heterocycles. The van der Waals surface area contributed by atoms with Crippen LogP contribution in [0.1, 0.15) is 27.0 Å². The van der Waals surface area contributed by atoms with Crippen molar-refractivity contribution in [2.24, 2.45) is 0 Å². The first kappa shape index (κ1) is 22.1. The Morgan fingerprint density at radius 2 is 1.88 bits per heavy atom. The van der Waals surface area contributed by atoms with E-state index in [2.05, 4.69) is 10.2 Å². The highest BCUT2D eigenvalue weighted by Crippen LogP contribution is 2.36. The highest BCUT2D eigenvalue weighted by molar-refractivity contribution is 6.01. The molecule has 0 bridgehead atoms. The van der Waals surface area contributed by atoms with Gasteiger partial charge in [-0.15, -0.1) is 12.4 Å². The summed E-state index contributed by atoms with van der Waals surface area (Å²) in [7, 11) is 0. The first-order valence-corrected chi connectivity index (χ1v) is 10.0. The molecular weight excluding hydrogens is 443 g/mol. The van der Waals surface area contributed by atoms with Gasteiger partial charge in [0.2, 0.25) is 0 Å². The predicted molar refractivity (Wildman–Crippen MR) is 122 cm³/mol. The van der Waals surface area contributed by atoms with Crippen LogP contribution in [0.2, 0.25) is 0 Å². The summed E-state index contributed by atoms with van der Waals surface area (Å²) in [6.45, 7) is 0.857. The van der Waals surface area contributed by atoms with Crippen molar-refractivity contribution in [3.63, 3.8) is 0 Å². The fraction of sp³-hybridized carbons (Fsp3) is 0.0800. The van der Waals surface area contributed by atoms with Gasteiger partial charge >= 0.3 is 0 Å². The lowest BCUT2D eigenvalue weighted by Crippen LogP contribution is -2.23. The van der Waals surface area contributed by atoms with Gasteiger partial charge in [-0.25, -0.2) is 4.39 Å². The first-order chi connectivity index (χ1) is 15.6. The van der Waals surface area contributed by atoms with E-state index in [1.807, 2.05) is 42.5 Å². The van der Waals surface area contributed by atoms with Gasteiger partial charge in [0, 0.05) is 19.3 Å². The normalized spacial score (nSPS) is 12.1. The van der Waals surface area contributed by atoms with Crippen LogP contribution in [0.15, 0.2) is 72.9 Å². The molecule has 8 heteroatoms. The summed E-state index contributed by atoms with van der Waals surface area (Å²) in [4.78, 5) is 14.9. The fourth-order valence-corrected chi connectivity index (χ4v) is 3.84. The summed E-state index contributed by atoms with van der Waals surface area (Å²) in [5.41, 5.74) is 4.19. The van der Waals surface area contributed by atoms with E-state index >= 15 is 0 Å². The number of amides is 1. The number of rotatable bonds is 5. The number of carbonyl (C=O) groups excluding carboxylic acids is 1. The third kappa shape index (κ3) is 4.16. The second kappa shape index (κ2) is 9.15. The van der Waals surface area contributed by atoms with E-state index in [9.17, 15) is 14.4 Å². The van der Waals surface area contributed by atoms with Crippen molar-refractivity contribution in [1.82, 2.24) is 15.1 Å². The zero-order valence-corrected chi connectivity index (χ0v) is 18.1. The molecule has 1 amide bonds. The van der Waals surface area contributed by atoms with Crippen LogP contribution in [0, 0.1) is 17.1 Å². The largest absolute Gasteiger partial charge is 0.452 e.